The summed E-state index contributed by atoms with van der Waals surface area (Å²) in [6, 6.07) is 13.3. The highest BCUT2D eigenvalue weighted by molar-refractivity contribution is 8.16. The molecular formula is C20H25N3O2S2. The quantitative estimate of drug-likeness (QED) is 0.368. The van der Waals surface area contributed by atoms with Crippen molar-refractivity contribution in [2.24, 2.45) is 5.73 Å². The number of para-hydroxylation sites is 1. The highest BCUT2D eigenvalue weighted by Crippen LogP contribution is 2.35. The monoisotopic (exact) mass is 403 g/mol. The molecule has 1 amide bonds. The Hall–Kier alpha value is -2.38. The summed E-state index contributed by atoms with van der Waals surface area (Å²) < 4.78 is 5.32. The molecule has 0 saturated carbocycles. The average molecular weight is 404 g/mol. The van der Waals surface area contributed by atoms with Gasteiger partial charge < -0.3 is 16.2 Å². The van der Waals surface area contributed by atoms with Gasteiger partial charge in [0.2, 0.25) is 5.91 Å². The molecule has 0 fully saturated rings. The maximum absolute atomic E-state index is 11.0. The van der Waals surface area contributed by atoms with E-state index in [0.717, 1.165) is 21.1 Å². The zero-order valence-electron chi connectivity index (χ0n) is 15.7. The van der Waals surface area contributed by atoms with Crippen LogP contribution in [-0.4, -0.2) is 18.1 Å². The summed E-state index contributed by atoms with van der Waals surface area (Å²) in [5.74, 6) is 0.418. The number of methoxy groups -OCH3 is 1. The van der Waals surface area contributed by atoms with E-state index in [1.54, 1.807) is 31.9 Å². The lowest BCUT2D eigenvalue weighted by Gasteiger charge is -2.10. The molecular weight excluding hydrogens is 378 g/mol. The number of carbonyl (C=O) groups is 1. The van der Waals surface area contributed by atoms with Crippen LogP contribution in [0.15, 0.2) is 63.7 Å². The van der Waals surface area contributed by atoms with E-state index in [0.29, 0.717) is 10.7 Å². The van der Waals surface area contributed by atoms with Gasteiger partial charge in [-0.25, -0.2) is 0 Å². The molecule has 2 rings (SSSR count). The van der Waals surface area contributed by atoms with Crippen molar-refractivity contribution in [1.82, 2.24) is 0 Å². The third-order valence-electron chi connectivity index (χ3n) is 3.16. The van der Waals surface area contributed by atoms with Crippen LogP contribution >= 0.6 is 23.5 Å². The van der Waals surface area contributed by atoms with Crippen LogP contribution in [0.25, 0.3) is 0 Å². The van der Waals surface area contributed by atoms with Gasteiger partial charge >= 0.3 is 0 Å². The Labute approximate surface area is 169 Å². The van der Waals surface area contributed by atoms with Crippen LogP contribution in [0.2, 0.25) is 0 Å². The molecule has 144 valence electrons. The normalized spacial score (nSPS) is 10.2. The molecule has 0 radical (unpaired) electrons. The molecule has 0 unspecified atom stereocenters. The molecule has 0 atom stereocenters. The largest absolute Gasteiger partial charge is 0.496 e. The van der Waals surface area contributed by atoms with E-state index >= 15 is 0 Å². The second kappa shape index (κ2) is 12.1. The van der Waals surface area contributed by atoms with Crippen LogP contribution in [0.5, 0.6) is 5.75 Å². The van der Waals surface area contributed by atoms with Crippen molar-refractivity contribution in [2.75, 3.05) is 12.8 Å². The van der Waals surface area contributed by atoms with Crippen molar-refractivity contribution in [3.63, 3.8) is 0 Å². The number of hydrogen-bond donors (Lipinski definition) is 3. The number of allylic oxidation sites excluding steroid dienone is 1. The summed E-state index contributed by atoms with van der Waals surface area (Å²) in [6.45, 7) is 3.71. The van der Waals surface area contributed by atoms with Crippen LogP contribution in [0.4, 0.5) is 5.69 Å². The average Bonchev–Trinajstić information content (AvgIpc) is 2.63. The number of rotatable bonds is 6. The Morgan fingerprint density at radius 3 is 2.52 bits per heavy atom. The Morgan fingerprint density at radius 2 is 1.96 bits per heavy atom. The highest BCUT2D eigenvalue weighted by atomic mass is 32.2. The first kappa shape index (κ1) is 22.7. The summed E-state index contributed by atoms with van der Waals surface area (Å²) in [7, 11) is 1.64. The van der Waals surface area contributed by atoms with E-state index in [9.17, 15) is 4.79 Å². The maximum Gasteiger partial charge on any atom is 0.221 e. The summed E-state index contributed by atoms with van der Waals surface area (Å²) in [6.07, 6.45) is 2.06. The molecule has 5 nitrogen and oxygen atoms in total. The molecule has 0 heterocycles. The van der Waals surface area contributed by atoms with E-state index in [-0.39, 0.29) is 6.42 Å². The summed E-state index contributed by atoms with van der Waals surface area (Å²) in [4.78, 5) is 13.0. The Balaban J connectivity index is 0.000000445. The zero-order chi connectivity index (χ0) is 20.2. The molecule has 0 aliphatic heterocycles. The number of ether oxygens (including phenoxy) is 1. The van der Waals surface area contributed by atoms with Crippen molar-refractivity contribution in [3.8, 4) is 5.75 Å². The second-order valence-electron chi connectivity index (χ2n) is 5.40. The van der Waals surface area contributed by atoms with Gasteiger partial charge in [-0.2, -0.15) is 0 Å². The minimum Gasteiger partial charge on any atom is -0.496 e. The van der Waals surface area contributed by atoms with Crippen molar-refractivity contribution in [3.05, 3.63) is 59.5 Å². The SMILES string of the molecule is C/C=C/SC(C)=N.COc1ccccc1Sc1ccc(N)c(CC(N)=O)c1. The van der Waals surface area contributed by atoms with Crippen LogP contribution < -0.4 is 16.2 Å². The lowest BCUT2D eigenvalue weighted by molar-refractivity contribution is -0.117. The van der Waals surface area contributed by atoms with Crippen LogP contribution in [0, 0.1) is 5.41 Å². The molecule has 27 heavy (non-hydrogen) atoms. The van der Waals surface area contributed by atoms with E-state index < -0.39 is 5.91 Å². The standard InChI is InChI=1S/C15H16N2O2S.C5H9NS/c1-19-13-4-2-3-5-14(13)20-11-6-7-12(16)10(8-11)9-15(17)18;1-3-4-7-5(2)6/h2-8H,9,16H2,1H3,(H2,17,18);3-4,6H,1-2H3/b;4-3+,6-5?. The third-order valence-corrected chi connectivity index (χ3v) is 4.97. The molecule has 0 saturated heterocycles. The molecule has 7 heteroatoms. The predicted molar refractivity (Wildman–Crippen MR) is 117 cm³/mol. The van der Waals surface area contributed by atoms with Crippen LogP contribution in [-0.2, 0) is 11.2 Å². The van der Waals surface area contributed by atoms with Crippen LogP contribution in [0.3, 0.4) is 0 Å². The van der Waals surface area contributed by atoms with E-state index in [1.165, 1.54) is 11.8 Å². The van der Waals surface area contributed by atoms with E-state index in [1.807, 2.05) is 54.8 Å². The topological polar surface area (TPSA) is 102 Å². The van der Waals surface area contributed by atoms with Crippen molar-refractivity contribution in [2.45, 2.75) is 30.1 Å². The number of primary amides is 1. The summed E-state index contributed by atoms with van der Waals surface area (Å²) in [5.41, 5.74) is 12.4. The zero-order valence-corrected chi connectivity index (χ0v) is 17.3. The molecule has 0 aliphatic carbocycles. The molecule has 2 aromatic carbocycles. The number of nitrogens with one attached hydrogen (secondary N) is 1. The van der Waals surface area contributed by atoms with Gasteiger partial charge in [-0.15, -0.1) is 0 Å². The Bertz CT molecular complexity index is 808. The smallest absolute Gasteiger partial charge is 0.221 e. The number of amides is 1. The molecule has 0 aliphatic rings. The molecule has 5 N–H and O–H groups in total. The minimum absolute atomic E-state index is 0.145. The van der Waals surface area contributed by atoms with Gasteiger partial charge in [0.1, 0.15) is 5.75 Å². The number of benzene rings is 2. The second-order valence-corrected chi connectivity index (χ2v) is 7.64. The van der Waals surface area contributed by atoms with Gasteiger partial charge in [0.05, 0.1) is 23.5 Å². The van der Waals surface area contributed by atoms with Crippen molar-refractivity contribution >= 4 is 40.2 Å². The van der Waals surface area contributed by atoms with E-state index in [4.69, 9.17) is 21.6 Å². The Morgan fingerprint density at radius 1 is 1.26 bits per heavy atom. The maximum atomic E-state index is 11.0. The fraction of sp³-hybridized carbons (Fsp3) is 0.200. The number of carbonyl (C=O) groups excluding carboxylic acids is 1. The first-order valence-corrected chi connectivity index (χ1v) is 9.87. The Kier molecular flexibility index (Phi) is 10.1. The van der Waals surface area contributed by atoms with Crippen LogP contribution in [0.1, 0.15) is 19.4 Å². The fourth-order valence-corrected chi connectivity index (χ4v) is 3.32. The van der Waals surface area contributed by atoms with Crippen molar-refractivity contribution in [1.29, 1.82) is 5.41 Å². The lowest BCUT2D eigenvalue weighted by Crippen LogP contribution is -2.14. The van der Waals surface area contributed by atoms with Gasteiger partial charge in [0.15, 0.2) is 0 Å². The number of nitrogens with two attached hydrogens (primary N) is 2. The van der Waals surface area contributed by atoms with Gasteiger partial charge in [-0.1, -0.05) is 41.7 Å². The molecule has 2 aromatic rings. The van der Waals surface area contributed by atoms with Gasteiger partial charge in [-0.05, 0) is 55.2 Å². The van der Waals surface area contributed by atoms with Gasteiger partial charge in [-0.3, -0.25) is 10.2 Å². The summed E-state index contributed by atoms with van der Waals surface area (Å²) >= 11 is 2.99. The molecule has 0 spiro atoms. The fourth-order valence-electron chi connectivity index (χ4n) is 1.99. The number of thioether (sulfide) groups is 1. The summed E-state index contributed by atoms with van der Waals surface area (Å²) in [5, 5.41) is 9.44. The number of hydrogen-bond acceptors (Lipinski definition) is 6. The number of nitrogen functional groups attached to an aromatic ring is 1. The minimum atomic E-state index is -0.392. The predicted octanol–water partition coefficient (Wildman–Crippen LogP) is 4.71. The highest BCUT2D eigenvalue weighted by Gasteiger charge is 2.08. The van der Waals surface area contributed by atoms with Crippen molar-refractivity contribution < 1.29 is 9.53 Å². The van der Waals surface area contributed by atoms with E-state index in [2.05, 4.69) is 0 Å². The van der Waals surface area contributed by atoms with Gasteiger partial charge in [0.25, 0.3) is 0 Å². The molecule has 0 bridgehead atoms. The first-order chi connectivity index (χ1) is 12.9. The third kappa shape index (κ3) is 8.70. The molecule has 0 aromatic heterocycles. The van der Waals surface area contributed by atoms with Gasteiger partial charge in [0, 0.05) is 10.6 Å². The first-order valence-electron chi connectivity index (χ1n) is 8.18. The lowest BCUT2D eigenvalue weighted by atomic mass is 10.1. The number of anilines is 1.